The van der Waals surface area contributed by atoms with Crippen molar-refractivity contribution in [2.45, 2.75) is 26.7 Å². The Labute approximate surface area is 170 Å². The van der Waals surface area contributed by atoms with Crippen LogP contribution in [0.3, 0.4) is 0 Å². The lowest BCUT2D eigenvalue weighted by atomic mass is 10.2. The van der Waals surface area contributed by atoms with E-state index in [9.17, 15) is 0 Å². The third kappa shape index (κ3) is 7.20. The monoisotopic (exact) mass is 391 g/mol. The maximum Gasteiger partial charge on any atom is 0.195 e. The minimum Gasteiger partial charge on any atom is -0.493 e. The molecule has 0 radical (unpaired) electrons. The molecule has 158 valence electrons. The quantitative estimate of drug-likeness (QED) is 0.363. The summed E-state index contributed by atoms with van der Waals surface area (Å²) < 4.78 is 11.0. The van der Waals surface area contributed by atoms with E-state index < -0.39 is 0 Å². The summed E-state index contributed by atoms with van der Waals surface area (Å²) >= 11 is 0. The summed E-state index contributed by atoms with van der Waals surface area (Å²) in [7, 11) is 3.44. The SMILES string of the molecule is CCOc1cc(NC(=NC)NCCCCN2CCN(CC)CC2)ccc1OC. The Morgan fingerprint density at radius 1 is 1.07 bits per heavy atom. The van der Waals surface area contributed by atoms with Gasteiger partial charge in [-0.05, 0) is 45.0 Å². The zero-order valence-electron chi connectivity index (χ0n) is 18.0. The molecule has 1 aromatic rings. The summed E-state index contributed by atoms with van der Waals surface area (Å²) in [6, 6.07) is 5.80. The van der Waals surface area contributed by atoms with Crippen LogP contribution in [0.1, 0.15) is 26.7 Å². The van der Waals surface area contributed by atoms with Crippen molar-refractivity contribution in [3.63, 3.8) is 0 Å². The maximum atomic E-state index is 5.64. The molecule has 0 atom stereocenters. The molecule has 0 aromatic heterocycles. The van der Waals surface area contributed by atoms with Crippen LogP contribution in [0.25, 0.3) is 0 Å². The molecule has 0 bridgehead atoms. The zero-order valence-corrected chi connectivity index (χ0v) is 18.0. The van der Waals surface area contributed by atoms with E-state index in [1.807, 2.05) is 25.1 Å². The molecule has 7 heteroatoms. The van der Waals surface area contributed by atoms with Crippen LogP contribution in [0.15, 0.2) is 23.2 Å². The van der Waals surface area contributed by atoms with Gasteiger partial charge in [0.1, 0.15) is 0 Å². The Kier molecular flexibility index (Phi) is 9.93. The summed E-state index contributed by atoms with van der Waals surface area (Å²) in [6.45, 7) is 12.9. The Morgan fingerprint density at radius 3 is 2.46 bits per heavy atom. The fourth-order valence-corrected chi connectivity index (χ4v) is 3.33. The van der Waals surface area contributed by atoms with Crippen LogP contribution in [-0.2, 0) is 0 Å². The second-order valence-electron chi connectivity index (χ2n) is 6.91. The second kappa shape index (κ2) is 12.5. The Bertz CT molecular complexity index is 600. The van der Waals surface area contributed by atoms with Crippen LogP contribution in [0.5, 0.6) is 11.5 Å². The second-order valence-corrected chi connectivity index (χ2v) is 6.91. The average Bonchev–Trinajstić information content (AvgIpc) is 2.73. The highest BCUT2D eigenvalue weighted by molar-refractivity contribution is 5.93. The lowest BCUT2D eigenvalue weighted by molar-refractivity contribution is 0.136. The number of benzene rings is 1. The Morgan fingerprint density at radius 2 is 1.82 bits per heavy atom. The molecule has 0 aliphatic carbocycles. The molecule has 7 nitrogen and oxygen atoms in total. The van der Waals surface area contributed by atoms with Gasteiger partial charge in [-0.1, -0.05) is 6.92 Å². The first-order chi connectivity index (χ1) is 13.7. The molecule has 0 saturated carbocycles. The van der Waals surface area contributed by atoms with Crippen molar-refractivity contribution in [2.24, 2.45) is 4.99 Å². The van der Waals surface area contributed by atoms with Crippen LogP contribution in [0.4, 0.5) is 5.69 Å². The van der Waals surface area contributed by atoms with E-state index >= 15 is 0 Å². The highest BCUT2D eigenvalue weighted by atomic mass is 16.5. The van der Waals surface area contributed by atoms with E-state index in [1.165, 1.54) is 45.7 Å². The van der Waals surface area contributed by atoms with Gasteiger partial charge in [0.25, 0.3) is 0 Å². The van der Waals surface area contributed by atoms with Crippen LogP contribution in [0, 0.1) is 0 Å². The molecule has 2 rings (SSSR count). The molecule has 1 aliphatic rings. The molecule has 1 aliphatic heterocycles. The van der Waals surface area contributed by atoms with E-state index in [0.29, 0.717) is 6.61 Å². The van der Waals surface area contributed by atoms with Crippen molar-refractivity contribution < 1.29 is 9.47 Å². The van der Waals surface area contributed by atoms with Gasteiger partial charge in [0.2, 0.25) is 0 Å². The highest BCUT2D eigenvalue weighted by Crippen LogP contribution is 2.30. The first-order valence-corrected chi connectivity index (χ1v) is 10.4. The van der Waals surface area contributed by atoms with Crippen molar-refractivity contribution in [3.05, 3.63) is 18.2 Å². The van der Waals surface area contributed by atoms with E-state index in [-0.39, 0.29) is 0 Å². The Hall–Kier alpha value is -1.99. The lowest BCUT2D eigenvalue weighted by Gasteiger charge is -2.34. The van der Waals surface area contributed by atoms with Gasteiger partial charge in [0.05, 0.1) is 13.7 Å². The summed E-state index contributed by atoms with van der Waals surface area (Å²) in [4.78, 5) is 9.41. The number of piperazine rings is 1. The number of unbranched alkanes of at least 4 members (excludes halogenated alkanes) is 1. The van der Waals surface area contributed by atoms with Gasteiger partial charge >= 0.3 is 0 Å². The molecule has 1 saturated heterocycles. The maximum absolute atomic E-state index is 5.64. The number of nitrogens with zero attached hydrogens (tertiary/aromatic N) is 3. The average molecular weight is 392 g/mol. The van der Waals surface area contributed by atoms with Crippen LogP contribution in [0.2, 0.25) is 0 Å². The summed E-state index contributed by atoms with van der Waals surface area (Å²) in [5, 5.41) is 6.71. The number of likely N-dealkylation sites (N-methyl/N-ethyl adjacent to an activating group) is 1. The van der Waals surface area contributed by atoms with Gasteiger partial charge < -0.3 is 29.9 Å². The van der Waals surface area contributed by atoms with Crippen molar-refractivity contribution in [3.8, 4) is 11.5 Å². The number of rotatable bonds is 10. The van der Waals surface area contributed by atoms with Crippen LogP contribution in [-0.4, -0.2) is 82.3 Å². The fraction of sp³-hybridized carbons (Fsp3) is 0.667. The minimum atomic E-state index is 0.598. The van der Waals surface area contributed by atoms with Crippen molar-refractivity contribution in [2.75, 3.05) is 71.9 Å². The molecule has 1 fully saturated rings. The topological polar surface area (TPSA) is 61.4 Å². The van der Waals surface area contributed by atoms with Crippen LogP contribution < -0.4 is 20.1 Å². The lowest BCUT2D eigenvalue weighted by Crippen LogP contribution is -2.46. The van der Waals surface area contributed by atoms with Gasteiger partial charge in [0, 0.05) is 51.5 Å². The van der Waals surface area contributed by atoms with Crippen molar-refractivity contribution in [1.82, 2.24) is 15.1 Å². The first-order valence-electron chi connectivity index (χ1n) is 10.4. The summed E-state index contributed by atoms with van der Waals surface area (Å²) in [6.07, 6.45) is 2.33. The number of anilines is 1. The van der Waals surface area contributed by atoms with E-state index in [0.717, 1.165) is 36.1 Å². The number of guanidine groups is 1. The number of methoxy groups -OCH3 is 1. The van der Waals surface area contributed by atoms with Gasteiger partial charge in [-0.15, -0.1) is 0 Å². The first kappa shape index (κ1) is 22.3. The molecule has 28 heavy (non-hydrogen) atoms. The largest absolute Gasteiger partial charge is 0.493 e. The molecule has 1 heterocycles. The third-order valence-electron chi connectivity index (χ3n) is 5.06. The molecular formula is C21H37N5O2. The third-order valence-corrected chi connectivity index (χ3v) is 5.06. The standard InChI is InChI=1S/C21H37N5O2/c1-5-25-13-15-26(16-14-25)12-8-7-11-23-21(22-3)24-18-9-10-19(27-4)20(17-18)28-6-2/h9-10,17H,5-8,11-16H2,1-4H3,(H2,22,23,24). The highest BCUT2D eigenvalue weighted by Gasteiger charge is 2.14. The fourth-order valence-electron chi connectivity index (χ4n) is 3.33. The number of ether oxygens (including phenoxy) is 2. The van der Waals surface area contributed by atoms with E-state index in [4.69, 9.17) is 9.47 Å². The summed E-state index contributed by atoms with van der Waals surface area (Å²) in [5.74, 6) is 2.23. The van der Waals surface area contributed by atoms with E-state index in [1.54, 1.807) is 14.2 Å². The zero-order chi connectivity index (χ0) is 20.2. The molecule has 0 spiro atoms. The van der Waals surface area contributed by atoms with Gasteiger partial charge in [0.15, 0.2) is 17.5 Å². The Balaban J connectivity index is 1.69. The van der Waals surface area contributed by atoms with Gasteiger partial charge in [-0.3, -0.25) is 4.99 Å². The molecular weight excluding hydrogens is 354 g/mol. The normalized spacial score (nSPS) is 16.1. The predicted molar refractivity (Wildman–Crippen MR) is 117 cm³/mol. The number of nitrogens with one attached hydrogen (secondary N) is 2. The number of aliphatic imine (C=N–C) groups is 1. The predicted octanol–water partition coefficient (Wildman–Crippen LogP) is 2.50. The van der Waals surface area contributed by atoms with Gasteiger partial charge in [-0.25, -0.2) is 0 Å². The molecule has 1 aromatic carbocycles. The van der Waals surface area contributed by atoms with Crippen LogP contribution >= 0.6 is 0 Å². The number of hydrogen-bond donors (Lipinski definition) is 2. The van der Waals surface area contributed by atoms with Crippen molar-refractivity contribution >= 4 is 11.6 Å². The van der Waals surface area contributed by atoms with Crippen molar-refractivity contribution in [1.29, 1.82) is 0 Å². The smallest absolute Gasteiger partial charge is 0.195 e. The molecule has 0 amide bonds. The molecule has 2 N–H and O–H groups in total. The molecule has 0 unspecified atom stereocenters. The summed E-state index contributed by atoms with van der Waals surface area (Å²) in [5.41, 5.74) is 0.922. The number of hydrogen-bond acceptors (Lipinski definition) is 5. The van der Waals surface area contributed by atoms with E-state index in [2.05, 4.69) is 32.3 Å². The minimum absolute atomic E-state index is 0.598. The van der Waals surface area contributed by atoms with Gasteiger partial charge in [-0.2, -0.15) is 0 Å².